The molecular weight excluding hydrogens is 384 g/mol. The Labute approximate surface area is 177 Å². The third kappa shape index (κ3) is 4.45. The summed E-state index contributed by atoms with van der Waals surface area (Å²) >= 11 is 0. The monoisotopic (exact) mass is 410 g/mol. The molecule has 0 atom stereocenters. The normalized spacial score (nSPS) is 21.8. The molecule has 0 spiro atoms. The molecule has 2 heterocycles. The highest BCUT2D eigenvalue weighted by molar-refractivity contribution is 5.85. The Balaban J connectivity index is 0.00000205. The molecule has 0 amide bonds. The number of aromatic nitrogens is 3. The standard InChI is InChI=1S/C23H26N4O.ClH/c1-2-7-17(8-3-1)22-23(25-13-12-24-22)28-19-14-18(15-19)26-21-11-10-16-6-4-5-9-20(16)27-21;/h4-6,9-13,17-19H,1-3,7-8,14-15H2,(H,26,27);1H. The van der Waals surface area contributed by atoms with Crippen molar-refractivity contribution in [2.45, 2.75) is 63.0 Å². The number of fused-ring (bicyclic) bond motifs is 1. The van der Waals surface area contributed by atoms with Gasteiger partial charge in [-0.15, -0.1) is 12.4 Å². The van der Waals surface area contributed by atoms with Crippen LogP contribution in [0.25, 0.3) is 10.9 Å². The summed E-state index contributed by atoms with van der Waals surface area (Å²) in [5.74, 6) is 2.19. The maximum Gasteiger partial charge on any atom is 0.236 e. The lowest BCUT2D eigenvalue weighted by molar-refractivity contribution is 0.0996. The van der Waals surface area contributed by atoms with Crippen LogP contribution in [0.4, 0.5) is 5.82 Å². The van der Waals surface area contributed by atoms with E-state index in [1.165, 1.54) is 37.5 Å². The number of hydrogen-bond donors (Lipinski definition) is 1. The van der Waals surface area contributed by atoms with Crippen LogP contribution in [0.5, 0.6) is 5.88 Å². The van der Waals surface area contributed by atoms with Crippen molar-refractivity contribution >= 4 is 29.1 Å². The van der Waals surface area contributed by atoms with Crippen molar-refractivity contribution < 1.29 is 4.74 Å². The molecule has 5 rings (SSSR count). The summed E-state index contributed by atoms with van der Waals surface area (Å²) in [6.45, 7) is 0. The van der Waals surface area contributed by atoms with Gasteiger partial charge in [0.05, 0.1) is 5.52 Å². The maximum absolute atomic E-state index is 6.24. The Morgan fingerprint density at radius 3 is 2.55 bits per heavy atom. The second kappa shape index (κ2) is 8.95. The highest BCUT2D eigenvalue weighted by Crippen LogP contribution is 2.37. The first kappa shape index (κ1) is 19.9. The van der Waals surface area contributed by atoms with Crippen molar-refractivity contribution in [3.05, 3.63) is 54.5 Å². The number of anilines is 1. The van der Waals surface area contributed by atoms with E-state index in [1.807, 2.05) is 18.2 Å². The SMILES string of the molecule is Cl.c1ccc2nc(NC3CC(Oc4nccnc4C4CCCCC4)C3)ccc2c1. The molecule has 2 aliphatic rings. The third-order valence-corrected chi connectivity index (χ3v) is 6.01. The van der Waals surface area contributed by atoms with Gasteiger partial charge in [-0.3, -0.25) is 4.98 Å². The summed E-state index contributed by atoms with van der Waals surface area (Å²) < 4.78 is 6.24. The van der Waals surface area contributed by atoms with Crippen LogP contribution in [-0.4, -0.2) is 27.1 Å². The predicted molar refractivity (Wildman–Crippen MR) is 118 cm³/mol. The highest BCUT2D eigenvalue weighted by atomic mass is 35.5. The van der Waals surface area contributed by atoms with E-state index in [-0.39, 0.29) is 18.5 Å². The first-order chi connectivity index (χ1) is 13.8. The summed E-state index contributed by atoms with van der Waals surface area (Å²) in [5.41, 5.74) is 2.09. The molecule has 1 aromatic carbocycles. The quantitative estimate of drug-likeness (QED) is 0.600. The maximum atomic E-state index is 6.24. The number of pyridine rings is 1. The van der Waals surface area contributed by atoms with E-state index in [1.54, 1.807) is 12.4 Å². The number of hydrogen-bond acceptors (Lipinski definition) is 5. The third-order valence-electron chi connectivity index (χ3n) is 6.01. The Kier molecular flexibility index (Phi) is 6.14. The van der Waals surface area contributed by atoms with Crippen molar-refractivity contribution in [2.24, 2.45) is 0 Å². The number of benzene rings is 1. The second-order valence-corrected chi connectivity index (χ2v) is 8.02. The number of nitrogens with one attached hydrogen (secondary N) is 1. The lowest BCUT2D eigenvalue weighted by Crippen LogP contribution is -2.43. The molecule has 2 saturated carbocycles. The van der Waals surface area contributed by atoms with Crippen LogP contribution in [-0.2, 0) is 0 Å². The van der Waals surface area contributed by atoms with Crippen molar-refractivity contribution in [1.29, 1.82) is 0 Å². The van der Waals surface area contributed by atoms with E-state index in [0.29, 0.717) is 12.0 Å². The Morgan fingerprint density at radius 1 is 0.897 bits per heavy atom. The van der Waals surface area contributed by atoms with Crippen LogP contribution in [0.1, 0.15) is 56.6 Å². The smallest absolute Gasteiger partial charge is 0.236 e. The van der Waals surface area contributed by atoms with Gasteiger partial charge in [0.2, 0.25) is 5.88 Å². The molecule has 0 aliphatic heterocycles. The van der Waals surface area contributed by atoms with Gasteiger partial charge in [0.1, 0.15) is 17.6 Å². The molecule has 29 heavy (non-hydrogen) atoms. The minimum absolute atomic E-state index is 0. The van der Waals surface area contributed by atoms with Crippen LogP contribution in [0.3, 0.4) is 0 Å². The van der Waals surface area contributed by atoms with Gasteiger partial charge in [0.15, 0.2) is 0 Å². The van der Waals surface area contributed by atoms with E-state index in [2.05, 4.69) is 33.5 Å². The Morgan fingerprint density at radius 2 is 1.69 bits per heavy atom. The summed E-state index contributed by atoms with van der Waals surface area (Å²) in [6.07, 6.45) is 12.0. The molecule has 6 heteroatoms. The molecule has 0 unspecified atom stereocenters. The van der Waals surface area contributed by atoms with Gasteiger partial charge in [-0.05, 0) is 31.0 Å². The zero-order chi connectivity index (χ0) is 18.8. The van der Waals surface area contributed by atoms with E-state index >= 15 is 0 Å². The molecular formula is C23H27ClN4O. The van der Waals surface area contributed by atoms with Crippen LogP contribution in [0, 0.1) is 0 Å². The van der Waals surface area contributed by atoms with Crippen LogP contribution in [0.2, 0.25) is 0 Å². The fourth-order valence-electron chi connectivity index (χ4n) is 4.38. The van der Waals surface area contributed by atoms with E-state index in [0.717, 1.165) is 35.8 Å². The molecule has 3 aromatic rings. The lowest BCUT2D eigenvalue weighted by Gasteiger charge is -2.36. The van der Waals surface area contributed by atoms with Crippen molar-refractivity contribution in [3.8, 4) is 5.88 Å². The zero-order valence-electron chi connectivity index (χ0n) is 16.5. The molecule has 1 N–H and O–H groups in total. The van der Waals surface area contributed by atoms with Crippen LogP contribution >= 0.6 is 12.4 Å². The van der Waals surface area contributed by atoms with E-state index in [4.69, 9.17) is 9.72 Å². The first-order valence-corrected chi connectivity index (χ1v) is 10.4. The predicted octanol–water partition coefficient (Wildman–Crippen LogP) is 5.52. The van der Waals surface area contributed by atoms with Crippen molar-refractivity contribution in [3.63, 3.8) is 0 Å². The van der Waals surface area contributed by atoms with Crippen molar-refractivity contribution in [2.75, 3.05) is 5.32 Å². The zero-order valence-corrected chi connectivity index (χ0v) is 17.3. The van der Waals surface area contributed by atoms with Gasteiger partial charge in [-0.2, -0.15) is 0 Å². The Hall–Kier alpha value is -2.40. The molecule has 2 aromatic heterocycles. The number of ether oxygens (including phenoxy) is 1. The summed E-state index contributed by atoms with van der Waals surface area (Å²) in [6, 6.07) is 12.8. The van der Waals surface area contributed by atoms with Gasteiger partial charge in [-0.25, -0.2) is 9.97 Å². The molecule has 2 fully saturated rings. The highest BCUT2D eigenvalue weighted by Gasteiger charge is 2.33. The summed E-state index contributed by atoms with van der Waals surface area (Å²) in [5, 5.41) is 4.70. The molecule has 0 bridgehead atoms. The van der Waals surface area contributed by atoms with Gasteiger partial charge < -0.3 is 10.1 Å². The van der Waals surface area contributed by atoms with Crippen molar-refractivity contribution in [1.82, 2.24) is 15.0 Å². The lowest BCUT2D eigenvalue weighted by atomic mass is 9.86. The van der Waals surface area contributed by atoms with Crippen LogP contribution < -0.4 is 10.1 Å². The Bertz CT molecular complexity index is 954. The van der Waals surface area contributed by atoms with Gasteiger partial charge in [-0.1, -0.05) is 37.5 Å². The molecule has 0 radical (unpaired) electrons. The van der Waals surface area contributed by atoms with Crippen LogP contribution in [0.15, 0.2) is 48.8 Å². The number of nitrogens with zero attached hydrogens (tertiary/aromatic N) is 3. The average Bonchev–Trinajstić information content (AvgIpc) is 2.73. The van der Waals surface area contributed by atoms with Gasteiger partial charge in [0.25, 0.3) is 0 Å². The number of rotatable bonds is 5. The topological polar surface area (TPSA) is 59.9 Å². The first-order valence-electron chi connectivity index (χ1n) is 10.4. The fraction of sp³-hybridized carbons (Fsp3) is 0.435. The summed E-state index contributed by atoms with van der Waals surface area (Å²) in [4.78, 5) is 13.8. The van der Waals surface area contributed by atoms with E-state index in [9.17, 15) is 0 Å². The molecule has 0 saturated heterocycles. The fourth-order valence-corrected chi connectivity index (χ4v) is 4.38. The molecule has 5 nitrogen and oxygen atoms in total. The number of halogens is 1. The molecule has 152 valence electrons. The van der Waals surface area contributed by atoms with Gasteiger partial charge in [0, 0.05) is 42.6 Å². The largest absolute Gasteiger partial charge is 0.473 e. The molecule has 2 aliphatic carbocycles. The average molecular weight is 411 g/mol. The number of para-hydroxylation sites is 1. The minimum Gasteiger partial charge on any atom is -0.473 e. The van der Waals surface area contributed by atoms with Gasteiger partial charge >= 0.3 is 0 Å². The minimum atomic E-state index is 0. The summed E-state index contributed by atoms with van der Waals surface area (Å²) in [7, 11) is 0. The van der Waals surface area contributed by atoms with E-state index < -0.39 is 0 Å². The second-order valence-electron chi connectivity index (χ2n) is 8.02.